The van der Waals surface area contributed by atoms with Crippen molar-refractivity contribution < 1.29 is 0 Å². The van der Waals surface area contributed by atoms with Crippen LogP contribution in [0.1, 0.15) is 0 Å². The lowest BCUT2D eigenvalue weighted by Gasteiger charge is -2.10. The molecule has 0 fully saturated rings. The molecule has 0 aliphatic rings. The van der Waals surface area contributed by atoms with Crippen LogP contribution < -0.4 is 0 Å². The van der Waals surface area contributed by atoms with Gasteiger partial charge < -0.3 is 0 Å². The van der Waals surface area contributed by atoms with Crippen molar-refractivity contribution in [2.45, 2.75) is 0 Å². The highest BCUT2D eigenvalue weighted by atomic mass is 79.9. The third-order valence-corrected chi connectivity index (χ3v) is 5.67. The molecule has 0 aliphatic heterocycles. The smallest absolute Gasteiger partial charge is 0.178 e. The first kappa shape index (κ1) is 15.6. The van der Waals surface area contributed by atoms with Gasteiger partial charge in [0.15, 0.2) is 5.65 Å². The van der Waals surface area contributed by atoms with E-state index in [2.05, 4.69) is 77.0 Å². The fourth-order valence-corrected chi connectivity index (χ4v) is 4.23. The Kier molecular flexibility index (Phi) is 3.55. The van der Waals surface area contributed by atoms with Crippen molar-refractivity contribution in [2.75, 3.05) is 0 Å². The van der Waals surface area contributed by atoms with Crippen LogP contribution in [0.4, 0.5) is 0 Å². The van der Waals surface area contributed by atoms with E-state index >= 15 is 0 Å². The van der Waals surface area contributed by atoms with E-state index in [1.165, 1.54) is 0 Å². The fourth-order valence-electron chi connectivity index (χ4n) is 3.19. The van der Waals surface area contributed by atoms with Crippen molar-refractivity contribution >= 4 is 91.5 Å². The van der Waals surface area contributed by atoms with Crippen LogP contribution in [0, 0.1) is 0 Å². The third kappa shape index (κ3) is 2.46. The van der Waals surface area contributed by atoms with Crippen LogP contribution in [0.5, 0.6) is 0 Å². The maximum absolute atomic E-state index is 4.89. The van der Waals surface area contributed by atoms with Gasteiger partial charge in [-0.05, 0) is 57.0 Å². The van der Waals surface area contributed by atoms with E-state index in [0.717, 1.165) is 51.5 Å². The zero-order chi connectivity index (χ0) is 17.1. The molecule has 0 unspecified atom stereocenters. The van der Waals surface area contributed by atoms with Crippen molar-refractivity contribution in [1.82, 2.24) is 15.0 Å². The molecule has 0 amide bonds. The minimum Gasteiger partial charge on any atom is -0.242 e. The second-order valence-corrected chi connectivity index (χ2v) is 8.54. The molecule has 0 aliphatic carbocycles. The Morgan fingerprint density at radius 2 is 1.20 bits per heavy atom. The Balaban J connectivity index is 2.11. The number of aromatic nitrogens is 3. The SMILES string of the molecule is Brc1cnc2nc3c4ccc(Br)cc4c4cc(Br)ccc4c3nc2c1. The molecule has 2 aromatic heterocycles. The van der Waals surface area contributed by atoms with E-state index < -0.39 is 0 Å². The van der Waals surface area contributed by atoms with Gasteiger partial charge in [0, 0.05) is 30.4 Å². The third-order valence-electron chi connectivity index (χ3n) is 4.25. The van der Waals surface area contributed by atoms with Crippen molar-refractivity contribution in [3.63, 3.8) is 0 Å². The first-order valence-electron chi connectivity index (χ1n) is 7.54. The number of pyridine rings is 1. The number of fused-ring (bicyclic) bond motifs is 7. The molecule has 0 N–H and O–H groups in total. The zero-order valence-electron chi connectivity index (χ0n) is 12.6. The summed E-state index contributed by atoms with van der Waals surface area (Å²) in [5.41, 5.74) is 3.20. The van der Waals surface area contributed by atoms with E-state index in [4.69, 9.17) is 9.97 Å². The molecule has 6 heteroatoms. The lowest BCUT2D eigenvalue weighted by molar-refractivity contribution is 1.28. The number of nitrogens with zero attached hydrogens (tertiary/aromatic N) is 3. The summed E-state index contributed by atoms with van der Waals surface area (Å²) in [6, 6.07) is 14.5. The molecule has 0 radical (unpaired) electrons. The fraction of sp³-hybridized carbons (Fsp3) is 0. The number of rotatable bonds is 0. The van der Waals surface area contributed by atoms with Crippen molar-refractivity contribution in [3.05, 3.63) is 62.1 Å². The van der Waals surface area contributed by atoms with Crippen LogP contribution in [0.25, 0.3) is 43.7 Å². The largest absolute Gasteiger partial charge is 0.242 e. The molecule has 3 nitrogen and oxygen atoms in total. The van der Waals surface area contributed by atoms with Gasteiger partial charge in [-0.25, -0.2) is 15.0 Å². The van der Waals surface area contributed by atoms with Gasteiger partial charge in [-0.1, -0.05) is 44.0 Å². The number of hydrogen-bond acceptors (Lipinski definition) is 3. The summed E-state index contributed by atoms with van der Waals surface area (Å²) < 4.78 is 2.97. The summed E-state index contributed by atoms with van der Waals surface area (Å²) in [4.78, 5) is 14.1. The first-order chi connectivity index (χ1) is 12.1. The summed E-state index contributed by atoms with van der Waals surface area (Å²) in [5, 5.41) is 4.44. The van der Waals surface area contributed by atoms with Crippen LogP contribution in [0.2, 0.25) is 0 Å². The molecule has 5 aromatic rings. The quantitative estimate of drug-likeness (QED) is 0.168. The maximum Gasteiger partial charge on any atom is 0.178 e. The molecule has 5 rings (SSSR count). The number of halogens is 3. The van der Waals surface area contributed by atoms with E-state index in [1.807, 2.05) is 18.2 Å². The van der Waals surface area contributed by atoms with Gasteiger partial charge >= 0.3 is 0 Å². The number of hydrogen-bond donors (Lipinski definition) is 0. The van der Waals surface area contributed by atoms with Crippen LogP contribution in [-0.2, 0) is 0 Å². The van der Waals surface area contributed by atoms with Crippen LogP contribution in [-0.4, -0.2) is 15.0 Å². The van der Waals surface area contributed by atoms with E-state index in [0.29, 0.717) is 5.65 Å². The maximum atomic E-state index is 4.89. The monoisotopic (exact) mass is 515 g/mol. The molecule has 120 valence electrons. The van der Waals surface area contributed by atoms with Gasteiger partial charge in [-0.2, -0.15) is 0 Å². The van der Waals surface area contributed by atoms with Crippen molar-refractivity contribution in [1.29, 1.82) is 0 Å². The molecular weight excluding hydrogens is 510 g/mol. The lowest BCUT2D eigenvalue weighted by atomic mass is 9.99. The Bertz CT molecular complexity index is 1330. The molecule has 2 heterocycles. The molecule has 0 bridgehead atoms. The van der Waals surface area contributed by atoms with Crippen LogP contribution in [0.15, 0.2) is 62.1 Å². The Morgan fingerprint density at radius 1 is 0.600 bits per heavy atom. The molecule has 25 heavy (non-hydrogen) atoms. The van der Waals surface area contributed by atoms with Crippen molar-refractivity contribution in [3.8, 4) is 0 Å². The minimum absolute atomic E-state index is 0.649. The van der Waals surface area contributed by atoms with Gasteiger partial charge in [-0.3, -0.25) is 0 Å². The summed E-state index contributed by atoms with van der Waals surface area (Å²) in [6.45, 7) is 0. The van der Waals surface area contributed by atoms with Gasteiger partial charge in [0.25, 0.3) is 0 Å². The Morgan fingerprint density at radius 3 is 1.84 bits per heavy atom. The first-order valence-corrected chi connectivity index (χ1v) is 9.91. The summed E-state index contributed by atoms with van der Waals surface area (Å²) in [6.07, 6.45) is 1.75. The highest BCUT2D eigenvalue weighted by Crippen LogP contribution is 2.36. The summed E-state index contributed by atoms with van der Waals surface area (Å²) in [5.74, 6) is 0. The highest BCUT2D eigenvalue weighted by Gasteiger charge is 2.13. The lowest BCUT2D eigenvalue weighted by Crippen LogP contribution is -1.93. The zero-order valence-corrected chi connectivity index (χ0v) is 17.4. The van der Waals surface area contributed by atoms with E-state index in [-0.39, 0.29) is 0 Å². The van der Waals surface area contributed by atoms with Crippen LogP contribution in [0.3, 0.4) is 0 Å². The average molecular weight is 518 g/mol. The van der Waals surface area contributed by atoms with Crippen LogP contribution >= 0.6 is 47.8 Å². The van der Waals surface area contributed by atoms with Gasteiger partial charge in [-0.15, -0.1) is 0 Å². The Labute approximate surface area is 167 Å². The summed E-state index contributed by atoms with van der Waals surface area (Å²) >= 11 is 10.6. The average Bonchev–Trinajstić information content (AvgIpc) is 2.60. The predicted octanol–water partition coefficient (Wildman–Crippen LogP) is 6.77. The Hall–Kier alpha value is -1.63. The van der Waals surface area contributed by atoms with Gasteiger partial charge in [0.05, 0.1) is 11.0 Å². The summed E-state index contributed by atoms with van der Waals surface area (Å²) in [7, 11) is 0. The molecule has 0 saturated heterocycles. The highest BCUT2D eigenvalue weighted by molar-refractivity contribution is 9.11. The normalized spacial score (nSPS) is 11.8. The molecular formula is C19H8Br3N3. The second kappa shape index (κ2) is 5.69. The predicted molar refractivity (Wildman–Crippen MR) is 113 cm³/mol. The van der Waals surface area contributed by atoms with E-state index in [1.54, 1.807) is 6.20 Å². The van der Waals surface area contributed by atoms with Gasteiger partial charge in [0.2, 0.25) is 0 Å². The second-order valence-electron chi connectivity index (χ2n) is 5.80. The van der Waals surface area contributed by atoms with E-state index in [9.17, 15) is 0 Å². The minimum atomic E-state index is 0.649. The topological polar surface area (TPSA) is 38.7 Å². The van der Waals surface area contributed by atoms with Gasteiger partial charge in [0.1, 0.15) is 5.52 Å². The number of benzene rings is 3. The molecule has 0 atom stereocenters. The van der Waals surface area contributed by atoms with Crippen molar-refractivity contribution in [2.24, 2.45) is 0 Å². The standard InChI is InChI=1S/C19H8Br3N3/c20-9-1-3-12-14(5-9)15-6-10(21)2-4-13(15)18-17(12)24-16-7-11(22)8-23-19(16)25-18/h1-8H. The molecule has 0 spiro atoms. The molecule has 3 aromatic carbocycles. The molecule has 0 saturated carbocycles.